The average molecular weight is 509 g/mol. The maximum absolute atomic E-state index is 14.7. The number of amides is 3. The average Bonchev–Trinajstić information content (AvgIpc) is 2.78. The minimum Gasteiger partial charge on any atom is -0.481 e. The lowest BCUT2D eigenvalue weighted by Crippen LogP contribution is -2.55. The molecular weight excluding hydrogens is 490 g/mol. The highest BCUT2D eigenvalue weighted by molar-refractivity contribution is 6.14. The first-order chi connectivity index (χ1) is 16.8. The molecule has 3 amide bonds. The number of hydrogen-bond acceptors (Lipinski definition) is 5. The predicted molar refractivity (Wildman–Crippen MR) is 116 cm³/mol. The lowest BCUT2D eigenvalue weighted by molar-refractivity contribution is -0.274. The van der Waals surface area contributed by atoms with Crippen LogP contribution in [0.3, 0.4) is 0 Å². The predicted octanol–water partition coefficient (Wildman–Crippen LogP) is 3.13. The number of nitrogens with zero attached hydrogens (tertiary/aromatic N) is 1. The van der Waals surface area contributed by atoms with E-state index in [1.165, 1.54) is 37.5 Å². The summed E-state index contributed by atoms with van der Waals surface area (Å²) in [5, 5.41) is 13.7. The fourth-order valence-corrected chi connectivity index (χ4v) is 3.42. The van der Waals surface area contributed by atoms with Crippen LogP contribution in [0.4, 0.5) is 22.4 Å². The number of rotatable bonds is 7. The lowest BCUT2D eigenvalue weighted by atomic mass is 9.97. The highest BCUT2D eigenvalue weighted by atomic mass is 19.4. The van der Waals surface area contributed by atoms with Gasteiger partial charge in [-0.1, -0.05) is 18.2 Å². The van der Waals surface area contributed by atoms with Crippen LogP contribution in [0.5, 0.6) is 5.75 Å². The van der Waals surface area contributed by atoms with Crippen molar-refractivity contribution in [2.45, 2.75) is 24.9 Å². The summed E-state index contributed by atoms with van der Waals surface area (Å²) in [5.41, 5.74) is 0.122. The minimum atomic E-state index is -4.93. The number of urea groups is 1. The molecule has 190 valence electrons. The molecule has 2 unspecified atom stereocenters. The maximum atomic E-state index is 14.7. The highest BCUT2D eigenvalue weighted by Crippen LogP contribution is 2.31. The van der Waals surface area contributed by atoms with Gasteiger partial charge in [0, 0.05) is 24.9 Å². The zero-order valence-corrected chi connectivity index (χ0v) is 18.5. The van der Waals surface area contributed by atoms with Crippen molar-refractivity contribution >= 4 is 23.7 Å². The number of carboxylic acids is 1. The van der Waals surface area contributed by atoms with E-state index in [-0.39, 0.29) is 16.7 Å². The van der Waals surface area contributed by atoms with Crippen molar-refractivity contribution in [3.8, 4) is 16.9 Å². The molecule has 3 rings (SSSR count). The Morgan fingerprint density at radius 2 is 1.83 bits per heavy atom. The summed E-state index contributed by atoms with van der Waals surface area (Å²) in [6.45, 7) is 0. The van der Waals surface area contributed by atoms with E-state index >= 15 is 0 Å². The molecule has 0 aromatic heterocycles. The van der Waals surface area contributed by atoms with Crippen LogP contribution in [-0.4, -0.2) is 53.1 Å². The fourth-order valence-electron chi connectivity index (χ4n) is 3.42. The third kappa shape index (κ3) is 6.58. The topological polar surface area (TPSA) is 125 Å². The van der Waals surface area contributed by atoms with Gasteiger partial charge in [0.25, 0.3) is 5.91 Å². The smallest absolute Gasteiger partial charge is 0.481 e. The number of carboxylic acid groups (broad SMARTS) is 1. The number of alkyl halides is 3. The number of carbonyl (C=O) groups is 4. The number of halogens is 4. The van der Waals surface area contributed by atoms with Gasteiger partial charge in [-0.3, -0.25) is 14.4 Å². The van der Waals surface area contributed by atoms with Crippen molar-refractivity contribution in [3.05, 3.63) is 66.1 Å². The molecule has 0 radical (unpaired) electrons. The molecule has 2 aromatic carbocycles. The van der Waals surface area contributed by atoms with Crippen LogP contribution in [0, 0.1) is 5.82 Å². The zero-order chi connectivity index (χ0) is 26.6. The Kier molecular flexibility index (Phi) is 7.61. The molecule has 2 atom stereocenters. The van der Waals surface area contributed by atoms with Gasteiger partial charge in [0.2, 0.25) is 0 Å². The summed E-state index contributed by atoms with van der Waals surface area (Å²) in [5.74, 6) is -4.27. The van der Waals surface area contributed by atoms with Crippen LogP contribution >= 0.6 is 0 Å². The molecule has 0 saturated carbocycles. The highest BCUT2D eigenvalue weighted by Gasteiger charge is 2.33. The standard InChI is InChI=1S/C23H19F4N3O6/c1-30-8-7-18(31)20(21(30)34)29-22(35)28-17(11-19(32)33)15-10-13(5-6-16(15)24)12-3-2-4-14(9-12)36-23(25,26)27/h2-10,17,20H,11H2,1H3,(H,32,33)(H2,28,29,35). The maximum Gasteiger partial charge on any atom is 0.573 e. The Hall–Kier alpha value is -4.42. The minimum absolute atomic E-state index is 0.199. The second-order valence-electron chi connectivity index (χ2n) is 7.68. The Balaban J connectivity index is 1.88. The van der Waals surface area contributed by atoms with Gasteiger partial charge in [-0.05, 0) is 35.4 Å². The summed E-state index contributed by atoms with van der Waals surface area (Å²) in [7, 11) is 1.36. The van der Waals surface area contributed by atoms with Crippen molar-refractivity contribution in [1.29, 1.82) is 0 Å². The van der Waals surface area contributed by atoms with Crippen molar-refractivity contribution in [2.75, 3.05) is 7.05 Å². The van der Waals surface area contributed by atoms with Crippen molar-refractivity contribution < 1.29 is 46.6 Å². The number of benzene rings is 2. The van der Waals surface area contributed by atoms with E-state index in [9.17, 15) is 41.8 Å². The first-order valence-corrected chi connectivity index (χ1v) is 10.3. The first kappa shape index (κ1) is 26.2. The molecular formula is C23H19F4N3O6. The van der Waals surface area contributed by atoms with Gasteiger partial charge >= 0.3 is 18.4 Å². The van der Waals surface area contributed by atoms with E-state index in [4.69, 9.17) is 0 Å². The van der Waals surface area contributed by atoms with Gasteiger partial charge in [0.1, 0.15) is 11.6 Å². The van der Waals surface area contributed by atoms with Gasteiger partial charge in [0.05, 0.1) is 12.5 Å². The van der Waals surface area contributed by atoms with Gasteiger partial charge in [-0.2, -0.15) is 0 Å². The van der Waals surface area contributed by atoms with E-state index in [2.05, 4.69) is 15.4 Å². The van der Waals surface area contributed by atoms with E-state index in [0.717, 1.165) is 29.2 Å². The van der Waals surface area contributed by atoms with Crippen LogP contribution in [-0.2, 0) is 14.4 Å². The molecule has 3 N–H and O–H groups in total. The number of ether oxygens (including phenoxy) is 1. The van der Waals surface area contributed by atoms with Crippen LogP contribution in [0.15, 0.2) is 54.7 Å². The van der Waals surface area contributed by atoms with Gasteiger partial charge in [-0.15, -0.1) is 13.2 Å². The summed E-state index contributed by atoms with van der Waals surface area (Å²) < 4.78 is 56.3. The Bertz CT molecular complexity index is 1230. The van der Waals surface area contributed by atoms with Gasteiger partial charge in [0.15, 0.2) is 11.8 Å². The van der Waals surface area contributed by atoms with E-state index in [1.54, 1.807) is 0 Å². The molecule has 0 saturated heterocycles. The molecule has 2 aromatic rings. The van der Waals surface area contributed by atoms with E-state index < -0.39 is 60.1 Å². The SMILES string of the molecule is CN1C=CC(=O)C(NC(=O)NC(CC(=O)O)c2cc(-c3cccc(OC(F)(F)F)c3)ccc2F)C1=O. The molecule has 0 fully saturated rings. The normalized spacial score (nSPS) is 16.5. The molecule has 0 spiro atoms. The van der Waals surface area contributed by atoms with Gasteiger partial charge in [-0.25, -0.2) is 9.18 Å². The summed E-state index contributed by atoms with van der Waals surface area (Å²) in [4.78, 5) is 49.1. The summed E-state index contributed by atoms with van der Waals surface area (Å²) in [6.07, 6.45) is -3.43. The summed E-state index contributed by atoms with van der Waals surface area (Å²) in [6, 6.07) is 4.10. The van der Waals surface area contributed by atoms with Crippen LogP contribution in [0.25, 0.3) is 11.1 Å². The van der Waals surface area contributed by atoms with E-state index in [0.29, 0.717) is 0 Å². The molecule has 36 heavy (non-hydrogen) atoms. The van der Waals surface area contributed by atoms with Gasteiger partial charge < -0.3 is 25.4 Å². The molecule has 1 heterocycles. The fraction of sp³-hybridized carbons (Fsp3) is 0.217. The first-order valence-electron chi connectivity index (χ1n) is 10.3. The molecule has 13 heteroatoms. The number of hydrogen-bond donors (Lipinski definition) is 3. The Morgan fingerprint density at radius 3 is 2.50 bits per heavy atom. The van der Waals surface area contributed by atoms with Crippen LogP contribution in [0.2, 0.25) is 0 Å². The van der Waals surface area contributed by atoms with Crippen LogP contribution < -0.4 is 15.4 Å². The number of aliphatic carboxylic acids is 1. The van der Waals surface area contributed by atoms with Crippen molar-refractivity contribution in [1.82, 2.24) is 15.5 Å². The summed E-state index contributed by atoms with van der Waals surface area (Å²) >= 11 is 0. The zero-order valence-electron chi connectivity index (χ0n) is 18.5. The number of ketones is 1. The molecule has 0 bridgehead atoms. The second kappa shape index (κ2) is 10.5. The number of nitrogens with one attached hydrogen (secondary N) is 2. The quantitative estimate of drug-likeness (QED) is 0.389. The monoisotopic (exact) mass is 509 g/mol. The third-order valence-corrected chi connectivity index (χ3v) is 5.07. The molecule has 1 aliphatic rings. The molecule has 0 aliphatic carbocycles. The Labute approximate surface area is 201 Å². The molecule has 9 nitrogen and oxygen atoms in total. The van der Waals surface area contributed by atoms with Crippen molar-refractivity contribution in [2.24, 2.45) is 0 Å². The third-order valence-electron chi connectivity index (χ3n) is 5.07. The number of likely N-dealkylation sites (N-methyl/N-ethyl adjacent to an activating group) is 1. The molecule has 1 aliphatic heterocycles. The Morgan fingerprint density at radius 1 is 1.14 bits per heavy atom. The second-order valence-corrected chi connectivity index (χ2v) is 7.68. The lowest BCUT2D eigenvalue weighted by Gasteiger charge is -2.25. The van der Waals surface area contributed by atoms with Crippen LogP contribution in [0.1, 0.15) is 18.0 Å². The largest absolute Gasteiger partial charge is 0.573 e. The number of carbonyl (C=O) groups excluding carboxylic acids is 3. The van der Waals surface area contributed by atoms with Crippen molar-refractivity contribution in [3.63, 3.8) is 0 Å². The van der Waals surface area contributed by atoms with E-state index in [1.807, 2.05) is 0 Å².